The number of alkyl halides is 2. The monoisotopic (exact) mass is 287 g/mol. The third-order valence-corrected chi connectivity index (χ3v) is 3.91. The minimum absolute atomic E-state index is 0.108. The normalized spacial score (nSPS) is 33.4. The maximum Gasteiger partial charge on any atom is 0.256 e. The summed E-state index contributed by atoms with van der Waals surface area (Å²) < 4.78 is 26.4. The SMILES string of the molecule is C[C@H](c1ccccc1)N1C[C@H](O)[C@@H](O)[C@@H](O)[C@H]1C(F)F. The molecule has 1 heterocycles. The fraction of sp³-hybridized carbons (Fsp3) is 0.571. The second-order valence-corrected chi connectivity index (χ2v) is 5.16. The molecule has 0 radical (unpaired) electrons. The van der Waals surface area contributed by atoms with Gasteiger partial charge in [0.05, 0.1) is 6.10 Å². The van der Waals surface area contributed by atoms with E-state index in [0.29, 0.717) is 0 Å². The van der Waals surface area contributed by atoms with Crippen LogP contribution in [-0.2, 0) is 0 Å². The Hall–Kier alpha value is -1.08. The van der Waals surface area contributed by atoms with Gasteiger partial charge >= 0.3 is 0 Å². The molecule has 0 saturated carbocycles. The summed E-state index contributed by atoms with van der Waals surface area (Å²) >= 11 is 0. The van der Waals surface area contributed by atoms with Gasteiger partial charge in [-0.15, -0.1) is 0 Å². The van der Waals surface area contributed by atoms with Crippen LogP contribution in [0.5, 0.6) is 0 Å². The van der Waals surface area contributed by atoms with Crippen LogP contribution in [0.15, 0.2) is 30.3 Å². The first-order valence-electron chi connectivity index (χ1n) is 6.56. The Morgan fingerprint density at radius 1 is 1.10 bits per heavy atom. The molecule has 4 nitrogen and oxygen atoms in total. The van der Waals surface area contributed by atoms with Gasteiger partial charge in [-0.05, 0) is 12.5 Å². The number of likely N-dealkylation sites (tertiary alicyclic amines) is 1. The number of aliphatic hydroxyl groups is 3. The molecule has 1 aliphatic rings. The molecular weight excluding hydrogens is 268 g/mol. The van der Waals surface area contributed by atoms with Crippen LogP contribution in [0.3, 0.4) is 0 Å². The zero-order chi connectivity index (χ0) is 14.9. The van der Waals surface area contributed by atoms with Gasteiger partial charge in [0.1, 0.15) is 18.2 Å². The molecule has 3 N–H and O–H groups in total. The van der Waals surface area contributed by atoms with Gasteiger partial charge in [0, 0.05) is 12.6 Å². The number of benzene rings is 1. The molecule has 1 fully saturated rings. The van der Waals surface area contributed by atoms with Gasteiger partial charge in [-0.1, -0.05) is 30.3 Å². The first kappa shape index (κ1) is 15.3. The van der Waals surface area contributed by atoms with Gasteiger partial charge < -0.3 is 15.3 Å². The van der Waals surface area contributed by atoms with Crippen molar-refractivity contribution in [2.75, 3.05) is 6.54 Å². The van der Waals surface area contributed by atoms with Crippen LogP contribution in [0, 0.1) is 0 Å². The summed E-state index contributed by atoms with van der Waals surface area (Å²) in [5, 5.41) is 29.1. The Bertz CT molecular complexity index is 432. The Kier molecular flexibility index (Phi) is 4.70. The molecule has 20 heavy (non-hydrogen) atoms. The highest BCUT2D eigenvalue weighted by molar-refractivity contribution is 5.19. The summed E-state index contributed by atoms with van der Waals surface area (Å²) in [7, 11) is 0. The summed E-state index contributed by atoms with van der Waals surface area (Å²) in [5.74, 6) is 0. The van der Waals surface area contributed by atoms with E-state index in [1.807, 2.05) is 6.07 Å². The predicted molar refractivity (Wildman–Crippen MR) is 69.4 cm³/mol. The number of halogens is 2. The van der Waals surface area contributed by atoms with Gasteiger partial charge in [0.2, 0.25) is 0 Å². The number of rotatable bonds is 3. The fourth-order valence-electron chi connectivity index (χ4n) is 2.70. The summed E-state index contributed by atoms with van der Waals surface area (Å²) in [6.07, 6.45) is -7.28. The standard InChI is InChI=1S/C14H19F2NO3/c1-8(9-5-3-2-4-6-9)17-7-10(18)12(19)13(20)11(17)14(15)16/h2-6,8,10-14,18-20H,7H2,1H3/t8-,10+,11+,12-,13+/m1/s1. The van der Waals surface area contributed by atoms with Crippen LogP contribution in [0.1, 0.15) is 18.5 Å². The molecule has 0 unspecified atom stereocenters. The zero-order valence-corrected chi connectivity index (χ0v) is 11.1. The molecule has 5 atom stereocenters. The van der Waals surface area contributed by atoms with Gasteiger partial charge in [0.15, 0.2) is 0 Å². The van der Waals surface area contributed by atoms with E-state index in [4.69, 9.17) is 0 Å². The average Bonchev–Trinajstić information content (AvgIpc) is 2.44. The molecule has 0 amide bonds. The van der Waals surface area contributed by atoms with Crippen LogP contribution in [-0.4, -0.2) is 57.5 Å². The molecule has 6 heteroatoms. The highest BCUT2D eigenvalue weighted by Gasteiger charge is 2.47. The van der Waals surface area contributed by atoms with Crippen LogP contribution >= 0.6 is 0 Å². The third-order valence-electron chi connectivity index (χ3n) is 3.91. The van der Waals surface area contributed by atoms with E-state index in [2.05, 4.69) is 0 Å². The smallest absolute Gasteiger partial charge is 0.256 e. The Labute approximate surface area is 116 Å². The van der Waals surface area contributed by atoms with Crippen molar-refractivity contribution in [1.29, 1.82) is 0 Å². The molecule has 0 bridgehead atoms. The number of aliphatic hydroxyl groups excluding tert-OH is 3. The lowest BCUT2D eigenvalue weighted by Gasteiger charge is -2.46. The highest BCUT2D eigenvalue weighted by atomic mass is 19.3. The number of hydrogen-bond acceptors (Lipinski definition) is 4. The van der Waals surface area contributed by atoms with E-state index in [1.54, 1.807) is 31.2 Å². The number of nitrogens with zero attached hydrogens (tertiary/aromatic N) is 1. The molecule has 1 aromatic carbocycles. The summed E-state index contributed by atoms with van der Waals surface area (Å²) in [4.78, 5) is 1.35. The molecule has 0 aliphatic carbocycles. The van der Waals surface area contributed by atoms with Crippen LogP contribution in [0.2, 0.25) is 0 Å². The van der Waals surface area contributed by atoms with Gasteiger partial charge in [-0.3, -0.25) is 4.90 Å². The second kappa shape index (κ2) is 6.13. The van der Waals surface area contributed by atoms with Crippen molar-refractivity contribution in [2.45, 2.75) is 43.7 Å². The van der Waals surface area contributed by atoms with Crippen LogP contribution < -0.4 is 0 Å². The topological polar surface area (TPSA) is 63.9 Å². The number of hydrogen-bond donors (Lipinski definition) is 3. The van der Waals surface area contributed by atoms with E-state index >= 15 is 0 Å². The molecule has 0 aromatic heterocycles. The van der Waals surface area contributed by atoms with E-state index in [0.717, 1.165) is 5.56 Å². The van der Waals surface area contributed by atoms with Gasteiger partial charge in [-0.25, -0.2) is 8.78 Å². The van der Waals surface area contributed by atoms with Crippen molar-refractivity contribution < 1.29 is 24.1 Å². The molecule has 1 aromatic rings. The predicted octanol–water partition coefficient (Wildman–Crippen LogP) is 0.780. The first-order chi connectivity index (χ1) is 9.43. The van der Waals surface area contributed by atoms with Gasteiger partial charge in [0.25, 0.3) is 6.43 Å². The molecule has 1 aliphatic heterocycles. The Morgan fingerprint density at radius 3 is 2.25 bits per heavy atom. The highest BCUT2D eigenvalue weighted by Crippen LogP contribution is 2.31. The minimum atomic E-state index is -2.81. The minimum Gasteiger partial charge on any atom is -0.389 e. The Balaban J connectivity index is 2.27. The lowest BCUT2D eigenvalue weighted by atomic mass is 9.91. The maximum atomic E-state index is 13.2. The van der Waals surface area contributed by atoms with Crippen molar-refractivity contribution in [1.82, 2.24) is 4.90 Å². The van der Waals surface area contributed by atoms with E-state index in [-0.39, 0.29) is 6.54 Å². The van der Waals surface area contributed by atoms with Crippen molar-refractivity contribution in [3.05, 3.63) is 35.9 Å². The molecule has 0 spiro atoms. The Morgan fingerprint density at radius 2 is 1.70 bits per heavy atom. The summed E-state index contributed by atoms with van der Waals surface area (Å²) in [6.45, 7) is 1.63. The van der Waals surface area contributed by atoms with Crippen molar-refractivity contribution in [2.24, 2.45) is 0 Å². The molecule has 1 saturated heterocycles. The van der Waals surface area contributed by atoms with Crippen LogP contribution in [0.4, 0.5) is 8.78 Å². The van der Waals surface area contributed by atoms with E-state index < -0.39 is 36.8 Å². The second-order valence-electron chi connectivity index (χ2n) is 5.16. The van der Waals surface area contributed by atoms with Crippen molar-refractivity contribution >= 4 is 0 Å². The van der Waals surface area contributed by atoms with Crippen LogP contribution in [0.25, 0.3) is 0 Å². The zero-order valence-electron chi connectivity index (χ0n) is 11.1. The van der Waals surface area contributed by atoms with Crippen molar-refractivity contribution in [3.63, 3.8) is 0 Å². The van der Waals surface area contributed by atoms with E-state index in [9.17, 15) is 24.1 Å². The number of piperidine rings is 1. The van der Waals surface area contributed by atoms with Gasteiger partial charge in [-0.2, -0.15) is 0 Å². The molecule has 112 valence electrons. The molecule has 2 rings (SSSR count). The number of β-amino-alcohol motifs (C(OH)–C–C–N with tert-alkyl or cyclic N) is 1. The first-order valence-corrected chi connectivity index (χ1v) is 6.56. The lowest BCUT2D eigenvalue weighted by molar-refractivity contribution is -0.174. The summed E-state index contributed by atoms with van der Waals surface area (Å²) in [6, 6.07) is 7.14. The van der Waals surface area contributed by atoms with Crippen molar-refractivity contribution in [3.8, 4) is 0 Å². The third kappa shape index (κ3) is 2.83. The average molecular weight is 287 g/mol. The lowest BCUT2D eigenvalue weighted by Crippen LogP contribution is -2.63. The molecular formula is C14H19F2NO3. The summed E-state index contributed by atoms with van der Waals surface area (Å²) in [5.41, 5.74) is 0.814. The quantitative estimate of drug-likeness (QED) is 0.769. The maximum absolute atomic E-state index is 13.2. The largest absolute Gasteiger partial charge is 0.389 e. The fourth-order valence-corrected chi connectivity index (χ4v) is 2.70. The van der Waals surface area contributed by atoms with E-state index in [1.165, 1.54) is 4.90 Å².